The lowest BCUT2D eigenvalue weighted by molar-refractivity contribution is -0.117. The molecule has 6 nitrogen and oxygen atoms in total. The van der Waals surface area contributed by atoms with Crippen molar-refractivity contribution in [2.45, 2.75) is 17.9 Å². The summed E-state index contributed by atoms with van der Waals surface area (Å²) in [5.74, 6) is 0.546. The number of hydrogen-bond acceptors (Lipinski definition) is 5. The quantitative estimate of drug-likeness (QED) is 0.771. The van der Waals surface area contributed by atoms with Crippen molar-refractivity contribution in [2.75, 3.05) is 16.4 Å². The fourth-order valence-corrected chi connectivity index (χ4v) is 2.72. The summed E-state index contributed by atoms with van der Waals surface area (Å²) in [7, 11) is 0. The number of aromatic nitrogens is 2. The summed E-state index contributed by atoms with van der Waals surface area (Å²) in [6.07, 6.45) is 1.88. The first kappa shape index (κ1) is 16.7. The van der Waals surface area contributed by atoms with Gasteiger partial charge in [0.2, 0.25) is 11.8 Å². The SMILES string of the molecule is O=C(CSc1ccc(NC(=O)C2CC2)nn1)Nc1ccccc1Cl. The van der Waals surface area contributed by atoms with E-state index >= 15 is 0 Å². The fraction of sp³-hybridized carbons (Fsp3) is 0.250. The van der Waals surface area contributed by atoms with Gasteiger partial charge in [-0.2, -0.15) is 0 Å². The predicted octanol–water partition coefficient (Wildman–Crippen LogP) is 3.21. The van der Waals surface area contributed by atoms with Crippen LogP contribution in [0.5, 0.6) is 0 Å². The van der Waals surface area contributed by atoms with Crippen LogP contribution in [0.3, 0.4) is 0 Å². The van der Waals surface area contributed by atoms with Gasteiger partial charge in [-0.1, -0.05) is 35.5 Å². The molecule has 3 rings (SSSR count). The maximum atomic E-state index is 11.9. The van der Waals surface area contributed by atoms with Crippen LogP contribution in [0.25, 0.3) is 0 Å². The lowest BCUT2D eigenvalue weighted by Crippen LogP contribution is -2.15. The van der Waals surface area contributed by atoms with E-state index in [9.17, 15) is 9.59 Å². The largest absolute Gasteiger partial charge is 0.324 e. The first-order valence-corrected chi connectivity index (χ1v) is 8.80. The number of thioether (sulfide) groups is 1. The molecule has 1 aromatic heterocycles. The number of amides is 2. The van der Waals surface area contributed by atoms with Crippen molar-refractivity contribution < 1.29 is 9.59 Å². The Balaban J connectivity index is 1.48. The van der Waals surface area contributed by atoms with E-state index in [4.69, 9.17) is 11.6 Å². The number of carbonyl (C=O) groups is 2. The summed E-state index contributed by atoms with van der Waals surface area (Å²) in [5.41, 5.74) is 0.578. The molecule has 124 valence electrons. The summed E-state index contributed by atoms with van der Waals surface area (Å²) < 4.78 is 0. The molecular formula is C16H15ClN4O2S. The van der Waals surface area contributed by atoms with E-state index in [1.807, 2.05) is 0 Å². The number of hydrogen-bond donors (Lipinski definition) is 2. The minimum absolute atomic E-state index is 0.0104. The van der Waals surface area contributed by atoms with E-state index in [-0.39, 0.29) is 23.5 Å². The molecule has 1 heterocycles. The van der Waals surface area contributed by atoms with Crippen molar-refractivity contribution in [3.8, 4) is 0 Å². The third-order valence-electron chi connectivity index (χ3n) is 3.34. The fourth-order valence-electron chi connectivity index (χ4n) is 1.93. The number of para-hydroxylation sites is 1. The highest BCUT2D eigenvalue weighted by Crippen LogP contribution is 2.30. The topological polar surface area (TPSA) is 84.0 Å². The molecule has 8 heteroatoms. The van der Waals surface area contributed by atoms with Gasteiger partial charge < -0.3 is 10.6 Å². The molecule has 1 aromatic carbocycles. The second kappa shape index (κ2) is 7.63. The highest BCUT2D eigenvalue weighted by molar-refractivity contribution is 7.99. The molecule has 0 atom stereocenters. The number of halogens is 1. The summed E-state index contributed by atoms with van der Waals surface area (Å²) in [6.45, 7) is 0. The smallest absolute Gasteiger partial charge is 0.234 e. The number of nitrogens with one attached hydrogen (secondary N) is 2. The Morgan fingerprint density at radius 1 is 1.12 bits per heavy atom. The molecule has 0 unspecified atom stereocenters. The molecule has 1 fully saturated rings. The molecule has 0 saturated heterocycles. The second-order valence-corrected chi connectivity index (χ2v) is 6.74. The molecule has 2 N–H and O–H groups in total. The van der Waals surface area contributed by atoms with Crippen LogP contribution in [0.4, 0.5) is 11.5 Å². The van der Waals surface area contributed by atoms with Gasteiger partial charge in [0.1, 0.15) is 5.03 Å². The Morgan fingerprint density at radius 2 is 1.92 bits per heavy atom. The Morgan fingerprint density at radius 3 is 2.58 bits per heavy atom. The van der Waals surface area contributed by atoms with Gasteiger partial charge in [-0.3, -0.25) is 9.59 Å². The number of anilines is 2. The molecule has 0 radical (unpaired) electrons. The molecule has 0 spiro atoms. The van der Waals surface area contributed by atoms with Crippen LogP contribution in [-0.4, -0.2) is 27.8 Å². The third-order valence-corrected chi connectivity index (χ3v) is 4.59. The van der Waals surface area contributed by atoms with Crippen molar-refractivity contribution in [2.24, 2.45) is 5.92 Å². The third kappa shape index (κ3) is 4.69. The van der Waals surface area contributed by atoms with Crippen molar-refractivity contribution in [3.63, 3.8) is 0 Å². The average molecular weight is 363 g/mol. The molecule has 1 aliphatic rings. The van der Waals surface area contributed by atoms with Gasteiger partial charge >= 0.3 is 0 Å². The van der Waals surface area contributed by atoms with E-state index in [1.165, 1.54) is 11.8 Å². The lowest BCUT2D eigenvalue weighted by Gasteiger charge is -2.06. The van der Waals surface area contributed by atoms with Gasteiger partial charge in [-0.25, -0.2) is 0 Å². The number of carbonyl (C=O) groups excluding carboxylic acids is 2. The zero-order chi connectivity index (χ0) is 16.9. The summed E-state index contributed by atoms with van der Waals surface area (Å²) in [5, 5.41) is 14.5. The zero-order valence-corrected chi connectivity index (χ0v) is 14.2. The zero-order valence-electron chi connectivity index (χ0n) is 12.7. The van der Waals surface area contributed by atoms with Crippen LogP contribution in [0, 0.1) is 5.92 Å². The van der Waals surface area contributed by atoms with E-state index in [2.05, 4.69) is 20.8 Å². The number of nitrogens with zero attached hydrogens (tertiary/aromatic N) is 2. The molecule has 0 bridgehead atoms. The van der Waals surface area contributed by atoms with Crippen LogP contribution in [0.1, 0.15) is 12.8 Å². The van der Waals surface area contributed by atoms with E-state index in [1.54, 1.807) is 36.4 Å². The first-order valence-electron chi connectivity index (χ1n) is 7.43. The lowest BCUT2D eigenvalue weighted by atomic mass is 10.3. The Bertz CT molecular complexity index is 750. The monoisotopic (exact) mass is 362 g/mol. The average Bonchev–Trinajstić information content (AvgIpc) is 3.41. The Kier molecular flexibility index (Phi) is 5.32. The summed E-state index contributed by atoms with van der Waals surface area (Å²) >= 11 is 7.25. The Hall–Kier alpha value is -2.12. The predicted molar refractivity (Wildman–Crippen MR) is 94.2 cm³/mol. The minimum Gasteiger partial charge on any atom is -0.324 e. The van der Waals surface area contributed by atoms with E-state index in [0.29, 0.717) is 21.6 Å². The van der Waals surface area contributed by atoms with Crippen LogP contribution < -0.4 is 10.6 Å². The molecular weight excluding hydrogens is 348 g/mol. The van der Waals surface area contributed by atoms with Crippen LogP contribution >= 0.6 is 23.4 Å². The molecule has 2 amide bonds. The van der Waals surface area contributed by atoms with Crippen LogP contribution in [-0.2, 0) is 9.59 Å². The van der Waals surface area contributed by atoms with Crippen molar-refractivity contribution >= 4 is 46.7 Å². The Labute approximate surface area is 148 Å². The maximum absolute atomic E-state index is 11.9. The van der Waals surface area contributed by atoms with Gasteiger partial charge in [-0.05, 0) is 37.1 Å². The van der Waals surface area contributed by atoms with Crippen molar-refractivity contribution in [3.05, 3.63) is 41.4 Å². The molecule has 1 saturated carbocycles. The highest BCUT2D eigenvalue weighted by atomic mass is 35.5. The summed E-state index contributed by atoms with van der Waals surface area (Å²) in [6, 6.07) is 10.5. The van der Waals surface area contributed by atoms with Gasteiger partial charge in [0.05, 0.1) is 16.5 Å². The highest BCUT2D eigenvalue weighted by Gasteiger charge is 2.29. The number of benzene rings is 1. The summed E-state index contributed by atoms with van der Waals surface area (Å²) in [4.78, 5) is 23.6. The molecule has 2 aromatic rings. The van der Waals surface area contributed by atoms with Crippen molar-refractivity contribution in [1.82, 2.24) is 10.2 Å². The first-order chi connectivity index (χ1) is 11.6. The van der Waals surface area contributed by atoms with Crippen molar-refractivity contribution in [1.29, 1.82) is 0 Å². The normalized spacial score (nSPS) is 13.4. The maximum Gasteiger partial charge on any atom is 0.234 e. The second-order valence-electron chi connectivity index (χ2n) is 5.34. The van der Waals surface area contributed by atoms with Crippen LogP contribution in [0.2, 0.25) is 5.02 Å². The molecule has 24 heavy (non-hydrogen) atoms. The van der Waals surface area contributed by atoms with E-state index in [0.717, 1.165) is 12.8 Å². The van der Waals surface area contributed by atoms with Gasteiger partial charge in [0.25, 0.3) is 0 Å². The van der Waals surface area contributed by atoms with Gasteiger partial charge in [-0.15, -0.1) is 10.2 Å². The van der Waals surface area contributed by atoms with E-state index < -0.39 is 0 Å². The standard InChI is InChI=1S/C16H15ClN4O2S/c17-11-3-1-2-4-12(11)18-14(22)9-24-15-8-7-13(20-21-15)19-16(23)10-5-6-10/h1-4,7-8,10H,5-6,9H2,(H,18,22)(H,19,20,23). The number of rotatable bonds is 6. The molecule has 0 aliphatic heterocycles. The van der Waals surface area contributed by atoms with Gasteiger partial charge in [0, 0.05) is 5.92 Å². The van der Waals surface area contributed by atoms with Gasteiger partial charge in [0.15, 0.2) is 5.82 Å². The van der Waals surface area contributed by atoms with Crippen LogP contribution in [0.15, 0.2) is 41.4 Å². The minimum atomic E-state index is -0.180. The molecule has 1 aliphatic carbocycles.